The first-order valence-corrected chi connectivity index (χ1v) is 4.53. The average Bonchev–Trinajstić information content (AvgIpc) is 2.23. The molecule has 0 atom stereocenters. The Morgan fingerprint density at radius 2 is 2.07 bits per heavy atom. The molecule has 1 aromatic rings. The van der Waals surface area contributed by atoms with Crippen LogP contribution in [0.3, 0.4) is 0 Å². The van der Waals surface area contributed by atoms with Crippen molar-refractivity contribution >= 4 is 6.47 Å². The molecule has 0 N–H and O–H groups in total. The first-order valence-electron chi connectivity index (χ1n) is 4.53. The summed E-state index contributed by atoms with van der Waals surface area (Å²) in [6.07, 6.45) is 0. The van der Waals surface area contributed by atoms with Gasteiger partial charge in [0.05, 0.1) is 11.3 Å². The van der Waals surface area contributed by atoms with Crippen molar-refractivity contribution in [1.82, 2.24) is 4.98 Å². The topological polar surface area (TPSA) is 63.0 Å². The Bertz CT molecular complexity index is 433. The molecule has 0 aliphatic carbocycles. The lowest BCUT2D eigenvalue weighted by Gasteiger charge is -2.10. The summed E-state index contributed by atoms with van der Waals surface area (Å²) < 4.78 is 4.62. The van der Waals surface area contributed by atoms with Gasteiger partial charge in [-0.2, -0.15) is 5.26 Å². The van der Waals surface area contributed by atoms with Gasteiger partial charge in [0.15, 0.2) is 0 Å². The minimum atomic E-state index is 0.0500. The molecule has 0 saturated heterocycles. The maximum Gasteiger partial charge on any atom is 0.293 e. The number of carbonyl (C=O) groups excluding carboxylic acids is 1. The van der Waals surface area contributed by atoms with E-state index >= 15 is 0 Å². The van der Waals surface area contributed by atoms with Crippen molar-refractivity contribution in [2.45, 2.75) is 27.4 Å². The highest BCUT2D eigenvalue weighted by Gasteiger charge is 2.12. The van der Waals surface area contributed by atoms with Gasteiger partial charge in [-0.1, -0.05) is 0 Å². The van der Waals surface area contributed by atoms with Crippen molar-refractivity contribution in [2.75, 3.05) is 0 Å². The molecule has 0 spiro atoms. The first kappa shape index (κ1) is 11.2. The second kappa shape index (κ2) is 4.56. The standard InChI is InChI=1S/C11H12N2O2/c1-7-8(2)10(4-12)11(5-15-6-14)13-9(7)3/h6H,5H2,1-3H3. The van der Waals surface area contributed by atoms with Gasteiger partial charge in [-0.3, -0.25) is 9.78 Å². The fourth-order valence-electron chi connectivity index (χ4n) is 1.38. The van der Waals surface area contributed by atoms with E-state index in [1.54, 1.807) is 0 Å². The van der Waals surface area contributed by atoms with Crippen molar-refractivity contribution in [3.63, 3.8) is 0 Å². The molecule has 4 heteroatoms. The van der Waals surface area contributed by atoms with Crippen LogP contribution >= 0.6 is 0 Å². The Morgan fingerprint density at radius 3 is 2.60 bits per heavy atom. The van der Waals surface area contributed by atoms with E-state index in [9.17, 15) is 4.79 Å². The Morgan fingerprint density at radius 1 is 1.40 bits per heavy atom. The van der Waals surface area contributed by atoms with E-state index < -0.39 is 0 Å². The molecular weight excluding hydrogens is 192 g/mol. The van der Waals surface area contributed by atoms with Gasteiger partial charge in [0.25, 0.3) is 6.47 Å². The van der Waals surface area contributed by atoms with Crippen LogP contribution in [-0.2, 0) is 16.1 Å². The predicted molar refractivity (Wildman–Crippen MR) is 54.0 cm³/mol. The molecule has 1 heterocycles. The second-order valence-corrected chi connectivity index (χ2v) is 3.29. The predicted octanol–water partition coefficient (Wildman–Crippen LogP) is 1.55. The zero-order valence-electron chi connectivity index (χ0n) is 9.00. The first-order chi connectivity index (χ1) is 7.11. The monoisotopic (exact) mass is 204 g/mol. The molecule has 0 unspecified atom stereocenters. The Hall–Kier alpha value is -1.89. The number of aryl methyl sites for hydroxylation is 1. The average molecular weight is 204 g/mol. The highest BCUT2D eigenvalue weighted by atomic mass is 16.5. The van der Waals surface area contributed by atoms with Crippen LogP contribution in [0.15, 0.2) is 0 Å². The van der Waals surface area contributed by atoms with Gasteiger partial charge in [0.2, 0.25) is 0 Å². The minimum Gasteiger partial charge on any atom is -0.461 e. The Balaban J connectivity index is 3.27. The van der Waals surface area contributed by atoms with Crippen molar-refractivity contribution in [3.8, 4) is 6.07 Å². The van der Waals surface area contributed by atoms with Gasteiger partial charge >= 0.3 is 0 Å². The molecule has 1 aromatic heterocycles. The number of hydrogen-bond acceptors (Lipinski definition) is 4. The van der Waals surface area contributed by atoms with Gasteiger partial charge < -0.3 is 4.74 Å². The number of aromatic nitrogens is 1. The lowest BCUT2D eigenvalue weighted by atomic mass is 10.0. The number of ether oxygens (including phenoxy) is 1. The number of pyridine rings is 1. The molecule has 15 heavy (non-hydrogen) atoms. The zero-order chi connectivity index (χ0) is 11.4. The second-order valence-electron chi connectivity index (χ2n) is 3.29. The molecule has 0 saturated carbocycles. The van der Waals surface area contributed by atoms with Gasteiger partial charge in [-0.25, -0.2) is 0 Å². The molecule has 1 rings (SSSR count). The molecule has 4 nitrogen and oxygen atoms in total. The quantitative estimate of drug-likeness (QED) is 0.701. The molecule has 0 radical (unpaired) electrons. The van der Waals surface area contributed by atoms with E-state index in [1.807, 2.05) is 20.8 Å². The van der Waals surface area contributed by atoms with E-state index in [4.69, 9.17) is 5.26 Å². The van der Waals surface area contributed by atoms with Gasteiger partial charge in [-0.05, 0) is 31.9 Å². The number of hydrogen-bond donors (Lipinski definition) is 0. The third-order valence-corrected chi connectivity index (χ3v) is 2.47. The molecule has 0 fully saturated rings. The van der Waals surface area contributed by atoms with Crippen LogP contribution < -0.4 is 0 Å². The summed E-state index contributed by atoms with van der Waals surface area (Å²) in [5, 5.41) is 8.98. The molecule has 0 aliphatic rings. The van der Waals surface area contributed by atoms with E-state index in [-0.39, 0.29) is 6.61 Å². The third-order valence-electron chi connectivity index (χ3n) is 2.47. The number of nitrogens with zero attached hydrogens (tertiary/aromatic N) is 2. The molecule has 0 bridgehead atoms. The van der Waals surface area contributed by atoms with Crippen molar-refractivity contribution in [2.24, 2.45) is 0 Å². The van der Waals surface area contributed by atoms with E-state index in [0.29, 0.717) is 17.7 Å². The maximum absolute atomic E-state index is 10.1. The highest BCUT2D eigenvalue weighted by molar-refractivity contribution is 5.46. The van der Waals surface area contributed by atoms with Crippen LogP contribution in [0.2, 0.25) is 0 Å². The largest absolute Gasteiger partial charge is 0.461 e. The summed E-state index contributed by atoms with van der Waals surface area (Å²) in [5.74, 6) is 0. The molecule has 78 valence electrons. The van der Waals surface area contributed by atoms with Gasteiger partial charge in [0.1, 0.15) is 12.7 Å². The van der Waals surface area contributed by atoms with Crippen LogP contribution in [0.25, 0.3) is 0 Å². The summed E-state index contributed by atoms with van der Waals surface area (Å²) in [6, 6.07) is 2.08. The van der Waals surface area contributed by atoms with Crippen molar-refractivity contribution < 1.29 is 9.53 Å². The fourth-order valence-corrected chi connectivity index (χ4v) is 1.38. The molecular formula is C11H12N2O2. The zero-order valence-corrected chi connectivity index (χ0v) is 9.00. The van der Waals surface area contributed by atoms with Crippen LogP contribution in [0.5, 0.6) is 0 Å². The summed E-state index contributed by atoms with van der Waals surface area (Å²) in [4.78, 5) is 14.3. The van der Waals surface area contributed by atoms with Crippen LogP contribution in [0, 0.1) is 32.1 Å². The highest BCUT2D eigenvalue weighted by Crippen LogP contribution is 2.18. The van der Waals surface area contributed by atoms with E-state index in [1.165, 1.54) is 0 Å². The summed E-state index contributed by atoms with van der Waals surface area (Å²) in [6.45, 7) is 6.06. The van der Waals surface area contributed by atoms with Crippen LogP contribution in [0.1, 0.15) is 28.1 Å². The van der Waals surface area contributed by atoms with Crippen LogP contribution in [0.4, 0.5) is 0 Å². The maximum atomic E-state index is 10.1. The SMILES string of the molecule is Cc1nc(COC=O)c(C#N)c(C)c1C. The van der Waals surface area contributed by atoms with E-state index in [0.717, 1.165) is 16.8 Å². The Labute approximate surface area is 88.5 Å². The third kappa shape index (κ3) is 2.13. The van der Waals surface area contributed by atoms with Crippen molar-refractivity contribution in [3.05, 3.63) is 28.1 Å². The van der Waals surface area contributed by atoms with Crippen LogP contribution in [-0.4, -0.2) is 11.5 Å². The molecule has 0 aliphatic heterocycles. The van der Waals surface area contributed by atoms with E-state index in [2.05, 4.69) is 15.8 Å². The summed E-state index contributed by atoms with van der Waals surface area (Å²) >= 11 is 0. The number of rotatable bonds is 3. The smallest absolute Gasteiger partial charge is 0.293 e. The summed E-state index contributed by atoms with van der Waals surface area (Å²) in [7, 11) is 0. The normalized spacial score (nSPS) is 9.47. The number of nitriles is 1. The Kier molecular flexibility index (Phi) is 3.40. The number of carbonyl (C=O) groups is 1. The molecule has 0 aromatic carbocycles. The minimum absolute atomic E-state index is 0.0500. The van der Waals surface area contributed by atoms with Gasteiger partial charge in [-0.15, -0.1) is 0 Å². The lowest BCUT2D eigenvalue weighted by Crippen LogP contribution is -2.04. The fraction of sp³-hybridized carbons (Fsp3) is 0.364. The lowest BCUT2D eigenvalue weighted by molar-refractivity contribution is -0.129. The van der Waals surface area contributed by atoms with Crippen molar-refractivity contribution in [1.29, 1.82) is 5.26 Å². The van der Waals surface area contributed by atoms with Gasteiger partial charge in [0, 0.05) is 5.69 Å². The summed E-state index contributed by atoms with van der Waals surface area (Å²) in [5.41, 5.74) is 3.78. The molecule has 0 amide bonds.